The van der Waals surface area contributed by atoms with Gasteiger partial charge in [0.15, 0.2) is 0 Å². The Morgan fingerprint density at radius 1 is 1.16 bits per heavy atom. The van der Waals surface area contributed by atoms with Crippen molar-refractivity contribution in [3.8, 4) is 0 Å². The van der Waals surface area contributed by atoms with Crippen LogP contribution >= 0.6 is 0 Å². The molecule has 1 aromatic heterocycles. The summed E-state index contributed by atoms with van der Waals surface area (Å²) in [5.41, 5.74) is 0.0724. The summed E-state index contributed by atoms with van der Waals surface area (Å²) in [6, 6.07) is 1.84. The Morgan fingerprint density at radius 2 is 1.96 bits per heavy atom. The van der Waals surface area contributed by atoms with Crippen molar-refractivity contribution in [3.63, 3.8) is 0 Å². The third-order valence-corrected chi connectivity index (χ3v) is 5.62. The molecule has 1 amide bonds. The SMILES string of the molecule is O=C(C1CCCO1)N1CCC2(CC1)COCCN(c1ncccn1)C2. The number of carbonyl (C=O) groups is 1. The summed E-state index contributed by atoms with van der Waals surface area (Å²) in [5, 5.41) is 0. The standard InChI is InChI=1S/C18H26N4O3/c23-16(15-3-1-11-25-15)21-8-4-18(5-9-21)13-22(10-12-24-14-18)17-19-6-2-7-20-17/h2,6-7,15H,1,3-5,8-14H2. The molecule has 4 heterocycles. The van der Waals surface area contributed by atoms with Crippen molar-refractivity contribution in [3.05, 3.63) is 18.5 Å². The molecule has 0 saturated carbocycles. The second kappa shape index (κ2) is 7.25. The largest absolute Gasteiger partial charge is 0.379 e. The molecule has 1 unspecified atom stereocenters. The minimum absolute atomic E-state index is 0.0724. The topological polar surface area (TPSA) is 67.8 Å². The van der Waals surface area contributed by atoms with Crippen molar-refractivity contribution in [1.29, 1.82) is 0 Å². The van der Waals surface area contributed by atoms with Gasteiger partial charge in [0.2, 0.25) is 5.95 Å². The first-order valence-electron chi connectivity index (χ1n) is 9.26. The molecule has 0 aromatic carbocycles. The van der Waals surface area contributed by atoms with Gasteiger partial charge in [-0.1, -0.05) is 0 Å². The number of hydrogen-bond acceptors (Lipinski definition) is 6. The molecule has 0 bridgehead atoms. The van der Waals surface area contributed by atoms with E-state index >= 15 is 0 Å². The average Bonchev–Trinajstić information content (AvgIpc) is 3.12. The fourth-order valence-corrected chi connectivity index (χ4v) is 4.10. The van der Waals surface area contributed by atoms with Gasteiger partial charge in [0.25, 0.3) is 5.91 Å². The van der Waals surface area contributed by atoms with Crippen molar-refractivity contribution in [2.45, 2.75) is 31.8 Å². The van der Waals surface area contributed by atoms with Crippen molar-refractivity contribution in [1.82, 2.24) is 14.9 Å². The maximum Gasteiger partial charge on any atom is 0.251 e. The molecular weight excluding hydrogens is 320 g/mol. The van der Waals surface area contributed by atoms with E-state index in [0.29, 0.717) is 13.2 Å². The van der Waals surface area contributed by atoms with Crippen LogP contribution in [0.25, 0.3) is 0 Å². The van der Waals surface area contributed by atoms with E-state index in [4.69, 9.17) is 9.47 Å². The quantitative estimate of drug-likeness (QED) is 0.799. The van der Waals surface area contributed by atoms with E-state index < -0.39 is 0 Å². The summed E-state index contributed by atoms with van der Waals surface area (Å²) in [6.45, 7) is 5.42. The number of ether oxygens (including phenoxy) is 2. The third-order valence-electron chi connectivity index (χ3n) is 5.62. The Labute approximate surface area is 148 Å². The number of carbonyl (C=O) groups excluding carboxylic acids is 1. The van der Waals surface area contributed by atoms with E-state index in [1.54, 1.807) is 12.4 Å². The van der Waals surface area contributed by atoms with Crippen LogP contribution in [-0.2, 0) is 14.3 Å². The van der Waals surface area contributed by atoms with Crippen LogP contribution in [0.5, 0.6) is 0 Å². The molecule has 3 fully saturated rings. The van der Waals surface area contributed by atoms with Gasteiger partial charge in [-0.25, -0.2) is 9.97 Å². The fourth-order valence-electron chi connectivity index (χ4n) is 4.10. The highest BCUT2D eigenvalue weighted by molar-refractivity contribution is 5.81. The summed E-state index contributed by atoms with van der Waals surface area (Å²) >= 11 is 0. The van der Waals surface area contributed by atoms with Gasteiger partial charge in [0.1, 0.15) is 6.10 Å². The average molecular weight is 346 g/mol. The number of hydrogen-bond donors (Lipinski definition) is 0. The number of aromatic nitrogens is 2. The zero-order chi connectivity index (χ0) is 17.1. The smallest absolute Gasteiger partial charge is 0.251 e. The van der Waals surface area contributed by atoms with Crippen LogP contribution in [0, 0.1) is 5.41 Å². The van der Waals surface area contributed by atoms with E-state index in [1.807, 2.05) is 11.0 Å². The normalized spacial score (nSPS) is 26.6. The number of rotatable bonds is 2. The molecule has 3 aliphatic heterocycles. The van der Waals surface area contributed by atoms with Crippen molar-refractivity contribution >= 4 is 11.9 Å². The minimum atomic E-state index is -0.214. The van der Waals surface area contributed by atoms with Gasteiger partial charge in [-0.15, -0.1) is 0 Å². The lowest BCUT2D eigenvalue weighted by Gasteiger charge is -2.43. The van der Waals surface area contributed by atoms with E-state index in [1.165, 1.54) is 0 Å². The van der Waals surface area contributed by atoms with Gasteiger partial charge in [-0.2, -0.15) is 0 Å². The molecule has 7 heteroatoms. The highest BCUT2D eigenvalue weighted by atomic mass is 16.5. The van der Waals surface area contributed by atoms with Crippen LogP contribution in [0.2, 0.25) is 0 Å². The molecule has 0 N–H and O–H groups in total. The molecule has 0 aliphatic carbocycles. The molecule has 3 saturated heterocycles. The lowest BCUT2D eigenvalue weighted by atomic mass is 9.78. The van der Waals surface area contributed by atoms with Crippen LogP contribution in [0.15, 0.2) is 18.5 Å². The van der Waals surface area contributed by atoms with Gasteiger partial charge in [-0.05, 0) is 31.7 Å². The molecule has 4 rings (SSSR count). The predicted molar refractivity (Wildman–Crippen MR) is 92.3 cm³/mol. The van der Waals surface area contributed by atoms with Crippen LogP contribution < -0.4 is 4.90 Å². The Morgan fingerprint density at radius 3 is 2.68 bits per heavy atom. The number of likely N-dealkylation sites (tertiary alicyclic amines) is 1. The highest BCUT2D eigenvalue weighted by Gasteiger charge is 2.41. The summed E-state index contributed by atoms with van der Waals surface area (Å²) in [5.74, 6) is 0.940. The lowest BCUT2D eigenvalue weighted by molar-refractivity contribution is -0.143. The number of nitrogens with zero attached hydrogens (tertiary/aromatic N) is 4. The summed E-state index contributed by atoms with van der Waals surface area (Å²) in [7, 11) is 0. The zero-order valence-electron chi connectivity index (χ0n) is 14.6. The monoisotopic (exact) mass is 346 g/mol. The van der Waals surface area contributed by atoms with Gasteiger partial charge < -0.3 is 19.3 Å². The first kappa shape index (κ1) is 16.7. The molecule has 7 nitrogen and oxygen atoms in total. The van der Waals surface area contributed by atoms with Crippen LogP contribution in [0.4, 0.5) is 5.95 Å². The fraction of sp³-hybridized carbons (Fsp3) is 0.722. The van der Waals surface area contributed by atoms with Gasteiger partial charge in [-0.3, -0.25) is 4.79 Å². The molecule has 3 aliphatic rings. The summed E-state index contributed by atoms with van der Waals surface area (Å²) in [4.78, 5) is 25.6. The molecule has 25 heavy (non-hydrogen) atoms. The number of anilines is 1. The van der Waals surface area contributed by atoms with Crippen LogP contribution in [0.1, 0.15) is 25.7 Å². The van der Waals surface area contributed by atoms with E-state index in [2.05, 4.69) is 14.9 Å². The van der Waals surface area contributed by atoms with E-state index in [9.17, 15) is 4.79 Å². The molecule has 1 aromatic rings. The summed E-state index contributed by atoms with van der Waals surface area (Å²) < 4.78 is 11.5. The van der Waals surface area contributed by atoms with E-state index in [0.717, 1.165) is 64.4 Å². The van der Waals surface area contributed by atoms with Gasteiger partial charge in [0, 0.05) is 50.6 Å². The molecule has 136 valence electrons. The molecular formula is C18H26N4O3. The van der Waals surface area contributed by atoms with Crippen molar-refractivity contribution < 1.29 is 14.3 Å². The second-order valence-corrected chi connectivity index (χ2v) is 7.35. The Hall–Kier alpha value is -1.73. The lowest BCUT2D eigenvalue weighted by Crippen LogP contribution is -2.51. The maximum absolute atomic E-state index is 12.6. The minimum Gasteiger partial charge on any atom is -0.379 e. The van der Waals surface area contributed by atoms with Crippen LogP contribution in [0.3, 0.4) is 0 Å². The highest BCUT2D eigenvalue weighted by Crippen LogP contribution is 2.35. The Kier molecular flexibility index (Phi) is 4.85. The van der Waals surface area contributed by atoms with Crippen molar-refractivity contribution in [2.75, 3.05) is 50.9 Å². The Bertz CT molecular complexity index is 583. The number of piperidine rings is 1. The molecule has 1 spiro atoms. The van der Waals surface area contributed by atoms with Gasteiger partial charge >= 0.3 is 0 Å². The predicted octanol–water partition coefficient (Wildman–Crippen LogP) is 1.10. The first-order valence-corrected chi connectivity index (χ1v) is 9.26. The molecule has 0 radical (unpaired) electrons. The summed E-state index contributed by atoms with van der Waals surface area (Å²) in [6.07, 6.45) is 7.11. The van der Waals surface area contributed by atoms with Gasteiger partial charge in [0.05, 0.1) is 13.2 Å². The molecule has 1 atom stereocenters. The van der Waals surface area contributed by atoms with E-state index in [-0.39, 0.29) is 17.4 Å². The third kappa shape index (κ3) is 3.62. The first-order chi connectivity index (χ1) is 12.3. The van der Waals surface area contributed by atoms with Crippen LogP contribution in [-0.4, -0.2) is 72.9 Å². The second-order valence-electron chi connectivity index (χ2n) is 7.35. The number of amides is 1. The van der Waals surface area contributed by atoms with Crippen molar-refractivity contribution in [2.24, 2.45) is 5.41 Å². The Balaban J connectivity index is 1.41. The maximum atomic E-state index is 12.6. The zero-order valence-corrected chi connectivity index (χ0v) is 14.6.